The van der Waals surface area contributed by atoms with Crippen molar-refractivity contribution < 1.29 is 25.5 Å². The smallest absolute Gasteiger partial charge is 0.0617 e. The molecular formula is C13H24O5. The molecule has 5 heteroatoms. The van der Waals surface area contributed by atoms with E-state index in [0.29, 0.717) is 38.5 Å². The van der Waals surface area contributed by atoms with E-state index in [1.165, 1.54) is 0 Å². The minimum absolute atomic E-state index is 0.133. The molecule has 18 heavy (non-hydrogen) atoms. The Morgan fingerprint density at radius 1 is 0.611 bits per heavy atom. The van der Waals surface area contributed by atoms with Crippen LogP contribution in [-0.4, -0.2) is 56.1 Å². The largest absolute Gasteiger partial charge is 0.393 e. The van der Waals surface area contributed by atoms with Crippen LogP contribution in [-0.2, 0) is 0 Å². The SMILES string of the molecule is OC1CC(O)CC(CC2C(O)CC(O)CC2O)C1. The molecule has 4 unspecified atom stereocenters. The van der Waals surface area contributed by atoms with E-state index in [-0.39, 0.29) is 11.8 Å². The van der Waals surface area contributed by atoms with Gasteiger partial charge in [0.2, 0.25) is 0 Å². The Morgan fingerprint density at radius 3 is 1.56 bits per heavy atom. The highest BCUT2D eigenvalue weighted by atomic mass is 16.3. The minimum Gasteiger partial charge on any atom is -0.393 e. The number of hydrogen-bond acceptors (Lipinski definition) is 5. The number of hydrogen-bond donors (Lipinski definition) is 5. The van der Waals surface area contributed by atoms with E-state index in [4.69, 9.17) is 0 Å². The van der Waals surface area contributed by atoms with E-state index in [1.807, 2.05) is 0 Å². The van der Waals surface area contributed by atoms with Gasteiger partial charge in [-0.25, -0.2) is 0 Å². The average molecular weight is 260 g/mol. The van der Waals surface area contributed by atoms with Gasteiger partial charge in [-0.3, -0.25) is 0 Å². The second kappa shape index (κ2) is 5.84. The van der Waals surface area contributed by atoms with Crippen molar-refractivity contribution in [1.82, 2.24) is 0 Å². The molecule has 0 heterocycles. The van der Waals surface area contributed by atoms with Crippen LogP contribution in [0.15, 0.2) is 0 Å². The lowest BCUT2D eigenvalue weighted by molar-refractivity contribution is -0.0865. The summed E-state index contributed by atoms with van der Waals surface area (Å²) in [5.74, 6) is -0.121. The number of rotatable bonds is 2. The maximum absolute atomic E-state index is 9.93. The predicted octanol–water partition coefficient (Wildman–Crippen LogP) is -0.609. The Labute approximate surface area is 107 Å². The molecule has 0 radical (unpaired) electrons. The van der Waals surface area contributed by atoms with Crippen LogP contribution in [0.5, 0.6) is 0 Å². The molecule has 4 atom stereocenters. The summed E-state index contributed by atoms with van der Waals surface area (Å²) < 4.78 is 0. The summed E-state index contributed by atoms with van der Waals surface area (Å²) in [6, 6.07) is 0. The lowest BCUT2D eigenvalue weighted by Gasteiger charge is -2.39. The summed E-state index contributed by atoms with van der Waals surface area (Å²) in [6.45, 7) is 0. The van der Waals surface area contributed by atoms with Crippen molar-refractivity contribution in [1.29, 1.82) is 0 Å². The van der Waals surface area contributed by atoms with Crippen LogP contribution >= 0.6 is 0 Å². The highest BCUT2D eigenvalue weighted by molar-refractivity contribution is 4.89. The first-order valence-electron chi connectivity index (χ1n) is 6.86. The Balaban J connectivity index is 1.91. The fourth-order valence-corrected chi connectivity index (χ4v) is 3.52. The molecule has 0 amide bonds. The number of aliphatic hydroxyl groups excluding tert-OH is 5. The Hall–Kier alpha value is -0.200. The van der Waals surface area contributed by atoms with Crippen LogP contribution < -0.4 is 0 Å². The first-order chi connectivity index (χ1) is 8.45. The zero-order valence-corrected chi connectivity index (χ0v) is 10.5. The summed E-state index contributed by atoms with van der Waals surface area (Å²) in [5.41, 5.74) is 0. The molecule has 106 valence electrons. The number of aliphatic hydroxyl groups is 5. The molecule has 2 fully saturated rings. The van der Waals surface area contributed by atoms with Gasteiger partial charge in [0.05, 0.1) is 30.5 Å². The zero-order valence-electron chi connectivity index (χ0n) is 10.5. The van der Waals surface area contributed by atoms with Gasteiger partial charge < -0.3 is 25.5 Å². The van der Waals surface area contributed by atoms with Crippen LogP contribution in [0.25, 0.3) is 0 Å². The maximum atomic E-state index is 9.93. The normalized spacial score (nSPS) is 50.2. The standard InChI is InChI=1S/C13H24O5/c14-8-1-7(2-9(15)4-8)3-11-12(17)5-10(16)6-13(11)18/h7-18H,1-6H2. The van der Waals surface area contributed by atoms with E-state index in [9.17, 15) is 25.5 Å². The quantitative estimate of drug-likeness (QED) is 0.456. The molecule has 0 aliphatic heterocycles. The highest BCUT2D eigenvalue weighted by Gasteiger charge is 2.38. The molecule has 2 rings (SSSR count). The van der Waals surface area contributed by atoms with Crippen molar-refractivity contribution in [2.45, 2.75) is 69.0 Å². The van der Waals surface area contributed by atoms with E-state index in [2.05, 4.69) is 0 Å². The molecule has 0 aromatic carbocycles. The topological polar surface area (TPSA) is 101 Å². The van der Waals surface area contributed by atoms with Crippen molar-refractivity contribution in [3.63, 3.8) is 0 Å². The summed E-state index contributed by atoms with van der Waals surface area (Å²) in [7, 11) is 0. The van der Waals surface area contributed by atoms with Crippen LogP contribution in [0.4, 0.5) is 0 Å². The Kier molecular flexibility index (Phi) is 4.61. The molecular weight excluding hydrogens is 236 g/mol. The van der Waals surface area contributed by atoms with E-state index >= 15 is 0 Å². The minimum atomic E-state index is -0.694. The van der Waals surface area contributed by atoms with Crippen LogP contribution in [0, 0.1) is 11.8 Å². The summed E-state index contributed by atoms with van der Waals surface area (Å²) >= 11 is 0. The first kappa shape index (κ1) is 14.2. The molecule has 2 aliphatic carbocycles. The lowest BCUT2D eigenvalue weighted by atomic mass is 9.73. The molecule has 0 aromatic heterocycles. The molecule has 0 spiro atoms. The van der Waals surface area contributed by atoms with Crippen molar-refractivity contribution in [3.8, 4) is 0 Å². The average Bonchev–Trinajstić information content (AvgIpc) is 2.22. The molecule has 0 saturated heterocycles. The van der Waals surface area contributed by atoms with Gasteiger partial charge in [-0.2, -0.15) is 0 Å². The second-order valence-corrected chi connectivity index (χ2v) is 6.04. The van der Waals surface area contributed by atoms with Crippen molar-refractivity contribution in [3.05, 3.63) is 0 Å². The molecule has 0 aromatic rings. The third kappa shape index (κ3) is 3.42. The third-order valence-corrected chi connectivity index (χ3v) is 4.38. The molecule has 2 aliphatic rings. The molecule has 0 bridgehead atoms. The van der Waals surface area contributed by atoms with Gasteiger partial charge in [0, 0.05) is 5.92 Å². The van der Waals surface area contributed by atoms with E-state index < -0.39 is 30.5 Å². The van der Waals surface area contributed by atoms with Crippen LogP contribution in [0.1, 0.15) is 38.5 Å². The fraction of sp³-hybridized carbons (Fsp3) is 1.00. The summed E-state index contributed by atoms with van der Waals surface area (Å²) in [4.78, 5) is 0. The summed E-state index contributed by atoms with van der Waals surface area (Å²) in [5, 5.41) is 48.6. The molecule has 2 saturated carbocycles. The third-order valence-electron chi connectivity index (χ3n) is 4.38. The molecule has 5 nitrogen and oxygen atoms in total. The van der Waals surface area contributed by atoms with Gasteiger partial charge in [-0.15, -0.1) is 0 Å². The van der Waals surface area contributed by atoms with Gasteiger partial charge in [0.1, 0.15) is 0 Å². The van der Waals surface area contributed by atoms with E-state index in [1.54, 1.807) is 0 Å². The van der Waals surface area contributed by atoms with Crippen LogP contribution in [0.2, 0.25) is 0 Å². The van der Waals surface area contributed by atoms with Gasteiger partial charge >= 0.3 is 0 Å². The highest BCUT2D eigenvalue weighted by Crippen LogP contribution is 2.35. The zero-order chi connectivity index (χ0) is 13.3. The van der Waals surface area contributed by atoms with Crippen molar-refractivity contribution in [2.24, 2.45) is 11.8 Å². The maximum Gasteiger partial charge on any atom is 0.0617 e. The predicted molar refractivity (Wildman–Crippen MR) is 64.7 cm³/mol. The van der Waals surface area contributed by atoms with E-state index in [0.717, 1.165) is 0 Å². The van der Waals surface area contributed by atoms with Crippen molar-refractivity contribution in [2.75, 3.05) is 0 Å². The fourth-order valence-electron chi connectivity index (χ4n) is 3.52. The Bertz CT molecular complexity index is 250. The first-order valence-corrected chi connectivity index (χ1v) is 6.86. The second-order valence-electron chi connectivity index (χ2n) is 6.04. The monoisotopic (exact) mass is 260 g/mol. The Morgan fingerprint density at radius 2 is 1.06 bits per heavy atom. The van der Waals surface area contributed by atoms with Crippen LogP contribution in [0.3, 0.4) is 0 Å². The summed E-state index contributed by atoms with van der Waals surface area (Å²) in [6.07, 6.45) is -0.114. The van der Waals surface area contributed by atoms with Gasteiger partial charge in [0.25, 0.3) is 0 Å². The molecule has 5 N–H and O–H groups in total. The van der Waals surface area contributed by atoms with Gasteiger partial charge in [-0.05, 0) is 44.4 Å². The van der Waals surface area contributed by atoms with Gasteiger partial charge in [0.15, 0.2) is 0 Å². The van der Waals surface area contributed by atoms with Crippen molar-refractivity contribution >= 4 is 0 Å². The lowest BCUT2D eigenvalue weighted by Crippen LogP contribution is -2.44. The van der Waals surface area contributed by atoms with Gasteiger partial charge in [-0.1, -0.05) is 0 Å².